The molecule has 1 amide bonds. The van der Waals surface area contributed by atoms with Gasteiger partial charge in [0.1, 0.15) is 5.75 Å². The fourth-order valence-corrected chi connectivity index (χ4v) is 1.38. The summed E-state index contributed by atoms with van der Waals surface area (Å²) in [5.41, 5.74) is 1.77. The van der Waals surface area contributed by atoms with Crippen LogP contribution in [0.3, 0.4) is 0 Å². The number of amides is 1. The summed E-state index contributed by atoms with van der Waals surface area (Å²) in [6.07, 6.45) is 1.71. The third-order valence-electron chi connectivity index (χ3n) is 2.21. The Morgan fingerprint density at radius 3 is 2.94 bits per heavy atom. The van der Waals surface area contributed by atoms with Crippen molar-refractivity contribution >= 4 is 11.6 Å². The largest absolute Gasteiger partial charge is 0.495 e. The van der Waals surface area contributed by atoms with Gasteiger partial charge in [0.25, 0.3) is 0 Å². The predicted molar refractivity (Wildman–Crippen MR) is 69.4 cm³/mol. The molecule has 0 aliphatic carbocycles. The molecule has 2 N–H and O–H groups in total. The van der Waals surface area contributed by atoms with Gasteiger partial charge in [0.2, 0.25) is 5.91 Å². The van der Waals surface area contributed by atoms with Gasteiger partial charge >= 0.3 is 0 Å². The van der Waals surface area contributed by atoms with E-state index in [1.165, 1.54) is 0 Å². The number of hydrogen-bond acceptors (Lipinski definition) is 3. The predicted octanol–water partition coefficient (Wildman–Crippen LogP) is 1.72. The Bertz CT molecular complexity index is 402. The first kappa shape index (κ1) is 13.3. The van der Waals surface area contributed by atoms with Crippen molar-refractivity contribution in [2.24, 2.45) is 0 Å². The number of ether oxygens (including phenoxy) is 1. The molecule has 0 saturated carbocycles. The Balaban J connectivity index is 2.61. The third kappa shape index (κ3) is 4.28. The highest BCUT2D eigenvalue weighted by Gasteiger charge is 2.06. The number of hydrogen-bond donors (Lipinski definition) is 2. The molecule has 1 aromatic rings. The highest BCUT2D eigenvalue weighted by Crippen LogP contribution is 2.24. The van der Waals surface area contributed by atoms with Gasteiger partial charge in [-0.15, -0.1) is 6.58 Å². The van der Waals surface area contributed by atoms with Crippen LogP contribution in [0.25, 0.3) is 0 Å². The summed E-state index contributed by atoms with van der Waals surface area (Å²) < 4.78 is 5.20. The Kier molecular flexibility index (Phi) is 5.23. The number of nitrogens with one attached hydrogen (secondary N) is 2. The maximum Gasteiger partial charge on any atom is 0.238 e. The fraction of sp³-hybridized carbons (Fsp3) is 0.308. The lowest BCUT2D eigenvalue weighted by Crippen LogP contribution is -2.28. The average molecular weight is 234 g/mol. The quantitative estimate of drug-likeness (QED) is 0.582. The molecule has 1 rings (SSSR count). The number of anilines is 1. The minimum absolute atomic E-state index is 0.103. The van der Waals surface area contributed by atoms with Crippen molar-refractivity contribution < 1.29 is 9.53 Å². The van der Waals surface area contributed by atoms with Gasteiger partial charge in [-0.2, -0.15) is 0 Å². The zero-order chi connectivity index (χ0) is 12.7. The number of benzene rings is 1. The van der Waals surface area contributed by atoms with Gasteiger partial charge in [0, 0.05) is 6.54 Å². The molecular weight excluding hydrogens is 216 g/mol. The highest BCUT2D eigenvalue weighted by atomic mass is 16.5. The molecule has 0 fully saturated rings. The van der Waals surface area contributed by atoms with Crippen LogP contribution in [0.15, 0.2) is 30.9 Å². The van der Waals surface area contributed by atoms with Crippen molar-refractivity contribution in [2.45, 2.75) is 6.92 Å². The standard InChI is InChI=1S/C13H18N2O2/c1-4-7-14-9-13(16)15-11-6-5-10(2)8-12(11)17-3/h4-6,8,14H,1,7,9H2,2-3H3,(H,15,16). The van der Waals surface area contributed by atoms with Crippen LogP contribution in [0.5, 0.6) is 5.75 Å². The lowest BCUT2D eigenvalue weighted by atomic mass is 10.2. The zero-order valence-electron chi connectivity index (χ0n) is 10.2. The molecule has 0 aromatic heterocycles. The molecule has 4 heteroatoms. The highest BCUT2D eigenvalue weighted by molar-refractivity contribution is 5.93. The van der Waals surface area contributed by atoms with Crippen LogP contribution in [0, 0.1) is 6.92 Å². The first-order valence-corrected chi connectivity index (χ1v) is 5.43. The van der Waals surface area contributed by atoms with Crippen LogP contribution in [-0.4, -0.2) is 26.1 Å². The minimum atomic E-state index is -0.103. The monoisotopic (exact) mass is 234 g/mol. The summed E-state index contributed by atoms with van der Waals surface area (Å²) >= 11 is 0. The summed E-state index contributed by atoms with van der Waals surface area (Å²) in [5, 5.41) is 5.72. The molecular formula is C13H18N2O2. The molecule has 0 spiro atoms. The second-order valence-corrected chi connectivity index (χ2v) is 3.67. The van der Waals surface area contributed by atoms with Crippen LogP contribution in [0.2, 0.25) is 0 Å². The van der Waals surface area contributed by atoms with Gasteiger partial charge in [0.05, 0.1) is 19.3 Å². The topological polar surface area (TPSA) is 50.4 Å². The molecule has 0 aliphatic heterocycles. The van der Waals surface area contributed by atoms with E-state index in [-0.39, 0.29) is 12.5 Å². The van der Waals surface area contributed by atoms with E-state index in [0.29, 0.717) is 18.0 Å². The van der Waals surface area contributed by atoms with Crippen LogP contribution >= 0.6 is 0 Å². The average Bonchev–Trinajstić information content (AvgIpc) is 2.32. The summed E-state index contributed by atoms with van der Waals surface area (Å²) in [4.78, 5) is 11.6. The van der Waals surface area contributed by atoms with Crippen LogP contribution in [-0.2, 0) is 4.79 Å². The first-order valence-electron chi connectivity index (χ1n) is 5.43. The maximum absolute atomic E-state index is 11.6. The van der Waals surface area contributed by atoms with Gasteiger partial charge in [0.15, 0.2) is 0 Å². The normalized spacial score (nSPS) is 9.76. The van der Waals surface area contributed by atoms with Gasteiger partial charge in [-0.05, 0) is 24.6 Å². The molecule has 0 bridgehead atoms. The van der Waals surface area contributed by atoms with Crippen LogP contribution < -0.4 is 15.4 Å². The van der Waals surface area contributed by atoms with E-state index >= 15 is 0 Å². The number of carbonyl (C=O) groups is 1. The maximum atomic E-state index is 11.6. The number of rotatable bonds is 6. The summed E-state index contributed by atoms with van der Waals surface area (Å²) in [6.45, 7) is 6.40. The van der Waals surface area contributed by atoms with E-state index in [9.17, 15) is 4.79 Å². The van der Waals surface area contributed by atoms with E-state index < -0.39 is 0 Å². The van der Waals surface area contributed by atoms with Crippen molar-refractivity contribution in [1.82, 2.24) is 5.32 Å². The van der Waals surface area contributed by atoms with E-state index in [2.05, 4.69) is 17.2 Å². The summed E-state index contributed by atoms with van der Waals surface area (Å²) in [5.74, 6) is 0.566. The smallest absolute Gasteiger partial charge is 0.238 e. The van der Waals surface area contributed by atoms with Crippen LogP contribution in [0.1, 0.15) is 5.56 Å². The fourth-order valence-electron chi connectivity index (χ4n) is 1.38. The molecule has 0 radical (unpaired) electrons. The molecule has 0 heterocycles. The summed E-state index contributed by atoms with van der Waals surface area (Å²) in [7, 11) is 1.58. The Morgan fingerprint density at radius 1 is 1.53 bits per heavy atom. The van der Waals surface area contributed by atoms with Gasteiger partial charge < -0.3 is 15.4 Å². The minimum Gasteiger partial charge on any atom is -0.495 e. The number of methoxy groups -OCH3 is 1. The number of carbonyl (C=O) groups excluding carboxylic acids is 1. The molecule has 4 nitrogen and oxygen atoms in total. The van der Waals surface area contributed by atoms with E-state index in [0.717, 1.165) is 5.56 Å². The van der Waals surface area contributed by atoms with Crippen molar-refractivity contribution in [3.63, 3.8) is 0 Å². The Hall–Kier alpha value is -1.81. The van der Waals surface area contributed by atoms with Gasteiger partial charge in [-0.3, -0.25) is 4.79 Å². The van der Waals surface area contributed by atoms with E-state index in [1.807, 2.05) is 25.1 Å². The molecule has 0 unspecified atom stereocenters. The summed E-state index contributed by atoms with van der Waals surface area (Å²) in [6, 6.07) is 5.64. The van der Waals surface area contributed by atoms with Crippen molar-refractivity contribution in [1.29, 1.82) is 0 Å². The van der Waals surface area contributed by atoms with Crippen LogP contribution in [0.4, 0.5) is 5.69 Å². The SMILES string of the molecule is C=CCNCC(=O)Nc1ccc(C)cc1OC. The van der Waals surface area contributed by atoms with Crippen molar-refractivity contribution in [3.05, 3.63) is 36.4 Å². The molecule has 0 saturated heterocycles. The second kappa shape index (κ2) is 6.70. The van der Waals surface area contributed by atoms with Gasteiger partial charge in [-0.25, -0.2) is 0 Å². The zero-order valence-corrected chi connectivity index (χ0v) is 10.2. The Morgan fingerprint density at radius 2 is 2.29 bits per heavy atom. The van der Waals surface area contributed by atoms with Crippen molar-refractivity contribution in [2.75, 3.05) is 25.5 Å². The van der Waals surface area contributed by atoms with E-state index in [1.54, 1.807) is 13.2 Å². The molecule has 17 heavy (non-hydrogen) atoms. The molecule has 92 valence electrons. The van der Waals surface area contributed by atoms with Crippen molar-refractivity contribution in [3.8, 4) is 5.75 Å². The van der Waals surface area contributed by atoms with E-state index in [4.69, 9.17) is 4.74 Å². The molecule has 0 aliphatic rings. The Labute approximate surface area is 102 Å². The second-order valence-electron chi connectivity index (χ2n) is 3.67. The lowest BCUT2D eigenvalue weighted by Gasteiger charge is -2.11. The lowest BCUT2D eigenvalue weighted by molar-refractivity contribution is -0.115. The number of aryl methyl sites for hydroxylation is 1. The van der Waals surface area contributed by atoms with Gasteiger partial charge in [-0.1, -0.05) is 12.1 Å². The third-order valence-corrected chi connectivity index (χ3v) is 2.21. The molecule has 0 atom stereocenters. The first-order chi connectivity index (χ1) is 8.17. The molecule has 1 aromatic carbocycles.